The Hall–Kier alpha value is -2.29. The van der Waals surface area contributed by atoms with Crippen LogP contribution in [0.25, 0.3) is 0 Å². The van der Waals surface area contributed by atoms with Crippen LogP contribution in [0.5, 0.6) is 0 Å². The highest BCUT2D eigenvalue weighted by molar-refractivity contribution is 6.52. The van der Waals surface area contributed by atoms with Gasteiger partial charge in [0.05, 0.1) is 17.3 Å². The molecule has 1 aliphatic heterocycles. The van der Waals surface area contributed by atoms with E-state index < -0.39 is 23.3 Å². The van der Waals surface area contributed by atoms with Crippen LogP contribution in [0.15, 0.2) is 12.1 Å². The number of benzene rings is 1. The second-order valence-electron chi connectivity index (χ2n) is 3.83. The molecule has 18 heavy (non-hydrogen) atoms. The van der Waals surface area contributed by atoms with Crippen molar-refractivity contribution in [3.8, 4) is 6.07 Å². The summed E-state index contributed by atoms with van der Waals surface area (Å²) in [6, 6.07) is 3.37. The van der Waals surface area contributed by atoms with Crippen LogP contribution < -0.4 is 4.90 Å². The van der Waals surface area contributed by atoms with E-state index in [1.165, 1.54) is 0 Å². The fraction of sp³-hybridized carbons (Fsp3) is 0.250. The molecule has 92 valence electrons. The minimum atomic E-state index is -0.943. The number of carbonyl (C=O) groups is 2. The summed E-state index contributed by atoms with van der Waals surface area (Å²) < 4.78 is 26.6. The molecule has 0 bridgehead atoms. The summed E-state index contributed by atoms with van der Waals surface area (Å²) in [6.45, 7) is 0.0632. The van der Waals surface area contributed by atoms with Crippen LogP contribution in [0.2, 0.25) is 0 Å². The van der Waals surface area contributed by atoms with Crippen molar-refractivity contribution in [2.45, 2.75) is 12.8 Å². The Bertz CT molecular complexity index is 578. The number of carbonyl (C=O) groups excluding carboxylic acids is 2. The maximum Gasteiger partial charge on any atom is 0.299 e. The lowest BCUT2D eigenvalue weighted by molar-refractivity contribution is -0.114. The van der Waals surface area contributed by atoms with Crippen LogP contribution in [0.1, 0.15) is 23.2 Å². The van der Waals surface area contributed by atoms with E-state index in [1.54, 1.807) is 0 Å². The number of rotatable bonds is 3. The zero-order chi connectivity index (χ0) is 13.3. The van der Waals surface area contributed by atoms with Crippen molar-refractivity contribution in [3.63, 3.8) is 0 Å². The number of nitriles is 1. The van der Waals surface area contributed by atoms with E-state index in [9.17, 15) is 18.4 Å². The van der Waals surface area contributed by atoms with E-state index in [0.29, 0.717) is 12.5 Å². The summed E-state index contributed by atoms with van der Waals surface area (Å²) in [5.41, 5.74) is -0.446. The number of anilines is 1. The van der Waals surface area contributed by atoms with Crippen molar-refractivity contribution < 1.29 is 18.4 Å². The van der Waals surface area contributed by atoms with Crippen molar-refractivity contribution >= 4 is 17.4 Å². The van der Waals surface area contributed by atoms with Gasteiger partial charge in [-0.15, -0.1) is 0 Å². The molecule has 0 spiro atoms. The van der Waals surface area contributed by atoms with Crippen LogP contribution in [0.4, 0.5) is 14.5 Å². The van der Waals surface area contributed by atoms with E-state index in [4.69, 9.17) is 5.26 Å². The molecule has 0 saturated heterocycles. The highest BCUT2D eigenvalue weighted by Gasteiger charge is 2.38. The Kier molecular flexibility index (Phi) is 3.06. The van der Waals surface area contributed by atoms with Crippen molar-refractivity contribution in [3.05, 3.63) is 29.3 Å². The van der Waals surface area contributed by atoms with E-state index in [0.717, 1.165) is 11.0 Å². The largest absolute Gasteiger partial charge is 0.302 e. The minimum Gasteiger partial charge on any atom is -0.302 e. The quantitative estimate of drug-likeness (QED) is 0.607. The van der Waals surface area contributed by atoms with Gasteiger partial charge in [-0.2, -0.15) is 5.26 Å². The third kappa shape index (κ3) is 1.84. The Morgan fingerprint density at radius 2 is 2.00 bits per heavy atom. The van der Waals surface area contributed by atoms with Crippen molar-refractivity contribution in [2.75, 3.05) is 11.4 Å². The first-order valence-electron chi connectivity index (χ1n) is 5.28. The highest BCUT2D eigenvalue weighted by Crippen LogP contribution is 2.32. The summed E-state index contributed by atoms with van der Waals surface area (Å²) >= 11 is 0. The zero-order valence-corrected chi connectivity index (χ0v) is 9.24. The fourth-order valence-corrected chi connectivity index (χ4v) is 1.88. The smallest absolute Gasteiger partial charge is 0.299 e. The van der Waals surface area contributed by atoms with Crippen LogP contribution in [-0.2, 0) is 4.79 Å². The first kappa shape index (κ1) is 12.2. The predicted octanol–water partition coefficient (Wildman–Crippen LogP) is 1.80. The molecule has 0 radical (unpaired) electrons. The lowest BCUT2D eigenvalue weighted by Crippen LogP contribution is -2.31. The van der Waals surface area contributed by atoms with Gasteiger partial charge in [0.2, 0.25) is 0 Å². The number of fused-ring (bicyclic) bond motifs is 1. The van der Waals surface area contributed by atoms with E-state index in [1.807, 2.05) is 6.07 Å². The van der Waals surface area contributed by atoms with Gasteiger partial charge in [0.25, 0.3) is 11.7 Å². The molecule has 1 heterocycles. The molecule has 0 aromatic heterocycles. The number of amides is 1. The van der Waals surface area contributed by atoms with Gasteiger partial charge in [0.1, 0.15) is 5.82 Å². The maximum absolute atomic E-state index is 13.6. The van der Waals surface area contributed by atoms with Crippen molar-refractivity contribution in [1.82, 2.24) is 0 Å². The molecule has 0 saturated carbocycles. The third-order valence-corrected chi connectivity index (χ3v) is 2.65. The monoisotopic (exact) mass is 250 g/mol. The Morgan fingerprint density at radius 1 is 1.28 bits per heavy atom. The van der Waals surface area contributed by atoms with Gasteiger partial charge < -0.3 is 4.90 Å². The fourth-order valence-electron chi connectivity index (χ4n) is 1.88. The first-order valence-corrected chi connectivity index (χ1v) is 5.28. The van der Waals surface area contributed by atoms with Gasteiger partial charge >= 0.3 is 0 Å². The van der Waals surface area contributed by atoms with Gasteiger partial charge in [-0.1, -0.05) is 0 Å². The number of Topliss-reactive ketones (excluding diaryl/α,β-unsaturated/α-hetero) is 1. The Balaban J connectivity index is 2.39. The van der Waals surface area contributed by atoms with Gasteiger partial charge in [-0.3, -0.25) is 9.59 Å². The summed E-state index contributed by atoms with van der Waals surface area (Å²) in [7, 11) is 0. The molecule has 1 aliphatic rings. The Labute approximate surface area is 101 Å². The molecule has 0 atom stereocenters. The van der Waals surface area contributed by atoms with Crippen LogP contribution in [0.3, 0.4) is 0 Å². The summed E-state index contributed by atoms with van der Waals surface area (Å²) in [6.07, 6.45) is 0.516. The van der Waals surface area contributed by atoms with Gasteiger partial charge in [0, 0.05) is 19.0 Å². The normalized spacial score (nSPS) is 13.7. The lowest BCUT2D eigenvalue weighted by atomic mass is 10.1. The first-order chi connectivity index (χ1) is 8.56. The number of hydrogen-bond donors (Lipinski definition) is 0. The van der Waals surface area contributed by atoms with Gasteiger partial charge in [-0.25, -0.2) is 8.78 Å². The van der Waals surface area contributed by atoms with E-state index >= 15 is 0 Å². The third-order valence-electron chi connectivity index (χ3n) is 2.65. The summed E-state index contributed by atoms with van der Waals surface area (Å²) in [5, 5.41) is 8.40. The molecule has 1 aromatic carbocycles. The molecule has 1 aromatic rings. The molecule has 0 unspecified atom stereocenters. The number of halogens is 2. The number of hydrogen-bond acceptors (Lipinski definition) is 3. The summed E-state index contributed by atoms with van der Waals surface area (Å²) in [5.74, 6) is -3.64. The predicted molar refractivity (Wildman–Crippen MR) is 57.9 cm³/mol. The second kappa shape index (κ2) is 4.53. The number of ketones is 1. The maximum atomic E-state index is 13.6. The molecule has 0 aliphatic carbocycles. The van der Waals surface area contributed by atoms with E-state index in [2.05, 4.69) is 0 Å². The minimum absolute atomic E-state index is 0.0632. The average molecular weight is 250 g/mol. The molecule has 1 amide bonds. The molecule has 0 fully saturated rings. The van der Waals surface area contributed by atoms with Gasteiger partial charge in [0.15, 0.2) is 5.82 Å². The molecular formula is C12H8F2N2O2. The van der Waals surface area contributed by atoms with Crippen molar-refractivity contribution in [2.24, 2.45) is 0 Å². The number of unbranched alkanes of at least 4 members (excludes halogenated alkanes) is 1. The van der Waals surface area contributed by atoms with E-state index in [-0.39, 0.29) is 24.2 Å². The van der Waals surface area contributed by atoms with Crippen LogP contribution in [0, 0.1) is 23.0 Å². The number of nitrogens with zero attached hydrogens (tertiary/aromatic N) is 2. The zero-order valence-electron chi connectivity index (χ0n) is 9.24. The summed E-state index contributed by atoms with van der Waals surface area (Å²) in [4.78, 5) is 24.1. The van der Waals surface area contributed by atoms with Crippen LogP contribution in [-0.4, -0.2) is 18.2 Å². The topological polar surface area (TPSA) is 61.2 Å². The Morgan fingerprint density at radius 3 is 2.67 bits per heavy atom. The lowest BCUT2D eigenvalue weighted by Gasteiger charge is -2.15. The molecule has 2 rings (SSSR count). The molecular weight excluding hydrogens is 242 g/mol. The average Bonchev–Trinajstić information content (AvgIpc) is 2.55. The molecule has 4 nitrogen and oxygen atoms in total. The standard InChI is InChI=1S/C12H8F2N2O2/c13-7-5-8-10(9(14)6-7)16(4-2-1-3-15)12(18)11(8)17/h5-6H,1-2,4H2. The van der Waals surface area contributed by atoms with Gasteiger partial charge in [-0.05, 0) is 12.5 Å². The highest BCUT2D eigenvalue weighted by atomic mass is 19.1. The SMILES string of the molecule is N#CCCCN1C(=O)C(=O)c2cc(F)cc(F)c21. The molecule has 0 N–H and O–H groups in total. The van der Waals surface area contributed by atoms with Crippen LogP contribution >= 0.6 is 0 Å². The van der Waals surface area contributed by atoms with Crippen molar-refractivity contribution in [1.29, 1.82) is 5.26 Å². The molecule has 6 heteroatoms. The second-order valence-corrected chi connectivity index (χ2v) is 3.83.